The van der Waals surface area contributed by atoms with Gasteiger partial charge < -0.3 is 14.6 Å². The van der Waals surface area contributed by atoms with E-state index in [0.29, 0.717) is 27.8 Å². The van der Waals surface area contributed by atoms with Crippen LogP contribution in [0.25, 0.3) is 12.2 Å². The number of nitrogens with one attached hydrogen (secondary N) is 2. The minimum Gasteiger partial charge on any atom is -0.497 e. The Hall–Kier alpha value is -2.95. The van der Waals surface area contributed by atoms with Crippen LogP contribution in [0.2, 0.25) is 0 Å². The number of aromatic nitrogens is 1. The van der Waals surface area contributed by atoms with E-state index in [1.807, 2.05) is 0 Å². The van der Waals surface area contributed by atoms with Crippen molar-refractivity contribution in [1.82, 2.24) is 9.88 Å². The Morgan fingerprint density at radius 1 is 1.20 bits per heavy atom. The fourth-order valence-corrected chi connectivity index (χ4v) is 4.84. The third-order valence-corrected chi connectivity index (χ3v) is 7.03. The van der Waals surface area contributed by atoms with Crippen molar-refractivity contribution < 1.29 is 22.5 Å². The van der Waals surface area contributed by atoms with Crippen molar-refractivity contribution in [1.29, 1.82) is 0 Å². The Morgan fingerprint density at radius 3 is 2.60 bits per heavy atom. The molecule has 0 aliphatic carbocycles. The highest BCUT2D eigenvalue weighted by Gasteiger charge is 2.16. The van der Waals surface area contributed by atoms with Gasteiger partial charge in [0.25, 0.3) is 0 Å². The van der Waals surface area contributed by atoms with E-state index in [2.05, 4.69) is 15.2 Å². The molecule has 0 unspecified atom stereocenters. The topological polar surface area (TPSA) is 111 Å². The Kier molecular flexibility index (Phi) is 6.70. The molecule has 8 nitrogen and oxygen atoms in total. The van der Waals surface area contributed by atoms with Gasteiger partial charge in [-0.15, -0.1) is 11.3 Å². The van der Waals surface area contributed by atoms with Crippen molar-refractivity contribution in [3.05, 3.63) is 58.3 Å². The van der Waals surface area contributed by atoms with Crippen LogP contribution in [0.4, 0.5) is 5.69 Å². The molecular weight excluding hydrogens is 426 g/mol. The highest BCUT2D eigenvalue weighted by molar-refractivity contribution is 7.91. The van der Waals surface area contributed by atoms with E-state index < -0.39 is 10.0 Å². The second-order valence-corrected chi connectivity index (χ2v) is 9.46. The maximum absolute atomic E-state index is 12.6. The fraction of sp³-hybridized carbons (Fsp3) is 0.200. The van der Waals surface area contributed by atoms with Crippen LogP contribution in [0.1, 0.15) is 28.8 Å². The molecule has 0 radical (unpaired) electrons. The minimum atomic E-state index is -3.65. The molecule has 0 aliphatic rings. The third kappa shape index (κ3) is 5.35. The van der Waals surface area contributed by atoms with Crippen molar-refractivity contribution in [3.8, 4) is 5.75 Å². The number of carbonyl (C=O) groups excluding carboxylic acids is 1. The van der Waals surface area contributed by atoms with Gasteiger partial charge >= 0.3 is 0 Å². The molecule has 0 spiro atoms. The van der Waals surface area contributed by atoms with Gasteiger partial charge in [0.15, 0.2) is 5.76 Å². The van der Waals surface area contributed by atoms with Crippen molar-refractivity contribution in [2.24, 2.45) is 0 Å². The van der Waals surface area contributed by atoms with Crippen LogP contribution >= 0.6 is 11.3 Å². The summed E-state index contributed by atoms with van der Waals surface area (Å²) in [5.74, 6) is 0.862. The maximum Gasteiger partial charge on any atom is 0.250 e. The van der Waals surface area contributed by atoms with E-state index in [-0.39, 0.29) is 16.7 Å². The minimum absolute atomic E-state index is 0.173. The summed E-state index contributed by atoms with van der Waals surface area (Å²) in [6.45, 7) is 3.29. The Labute approximate surface area is 178 Å². The predicted molar refractivity (Wildman–Crippen MR) is 116 cm³/mol. The molecule has 0 aliphatic heterocycles. The molecule has 0 saturated carbocycles. The lowest BCUT2D eigenvalue weighted by Gasteiger charge is -2.06. The van der Waals surface area contributed by atoms with Gasteiger partial charge in [0.05, 0.1) is 7.11 Å². The summed E-state index contributed by atoms with van der Waals surface area (Å²) in [7, 11) is -2.07. The summed E-state index contributed by atoms with van der Waals surface area (Å²) in [6.07, 6.45) is 3.34. The molecule has 2 aromatic heterocycles. The van der Waals surface area contributed by atoms with Gasteiger partial charge in [-0.1, -0.05) is 17.3 Å². The van der Waals surface area contributed by atoms with Gasteiger partial charge in [-0.25, -0.2) is 13.1 Å². The molecule has 1 amide bonds. The zero-order valence-corrected chi connectivity index (χ0v) is 18.3. The van der Waals surface area contributed by atoms with Crippen molar-refractivity contribution in [2.75, 3.05) is 12.4 Å². The first-order valence-electron chi connectivity index (χ1n) is 8.93. The lowest BCUT2D eigenvalue weighted by molar-refractivity contribution is -0.114. The van der Waals surface area contributed by atoms with Crippen LogP contribution in [0.5, 0.6) is 5.75 Å². The number of methoxy groups -OCH3 is 1. The second-order valence-electron chi connectivity index (χ2n) is 6.35. The first-order valence-corrected chi connectivity index (χ1v) is 11.2. The smallest absolute Gasteiger partial charge is 0.250 e. The molecule has 0 atom stereocenters. The summed E-state index contributed by atoms with van der Waals surface area (Å²) in [4.78, 5) is 12.0. The highest BCUT2D eigenvalue weighted by Crippen LogP contribution is 2.26. The van der Waals surface area contributed by atoms with Gasteiger partial charge in [0, 0.05) is 18.3 Å². The number of benzene rings is 1. The summed E-state index contributed by atoms with van der Waals surface area (Å²) < 4.78 is 38.2. The van der Waals surface area contributed by atoms with Gasteiger partial charge in [-0.05, 0) is 48.9 Å². The van der Waals surface area contributed by atoms with Crippen molar-refractivity contribution >= 4 is 45.1 Å². The number of rotatable bonds is 8. The zero-order chi connectivity index (χ0) is 21.7. The van der Waals surface area contributed by atoms with E-state index in [0.717, 1.165) is 16.9 Å². The van der Waals surface area contributed by atoms with Gasteiger partial charge in [-0.3, -0.25) is 4.79 Å². The van der Waals surface area contributed by atoms with Crippen molar-refractivity contribution in [2.45, 2.75) is 24.6 Å². The number of thiophene rings is 1. The Morgan fingerprint density at radius 2 is 1.93 bits per heavy atom. The SMILES string of the molecule is COc1ccc(CNS(=O)(=O)c2ccc(C=Cc3onc(C)c3NC(C)=O)s2)cc1. The number of carbonyl (C=O) groups is 1. The maximum atomic E-state index is 12.6. The zero-order valence-electron chi connectivity index (χ0n) is 16.6. The number of ether oxygens (including phenoxy) is 1. The molecule has 30 heavy (non-hydrogen) atoms. The standard InChI is InChI=1S/C20H21N3O5S2/c1-13-20(22-14(2)24)18(28-23-13)10-8-17-9-11-19(29-17)30(25,26)21-12-15-4-6-16(27-3)7-5-15/h4-11,21H,12H2,1-3H3,(H,22,24). The summed E-state index contributed by atoms with van der Waals surface area (Å²) in [5.41, 5.74) is 1.87. The van der Waals surface area contributed by atoms with Crippen LogP contribution in [-0.2, 0) is 21.4 Å². The first kappa shape index (κ1) is 21.8. The number of hydrogen-bond donors (Lipinski definition) is 2. The van der Waals surface area contributed by atoms with Gasteiger partial charge in [-0.2, -0.15) is 0 Å². The van der Waals surface area contributed by atoms with Crippen molar-refractivity contribution in [3.63, 3.8) is 0 Å². The monoisotopic (exact) mass is 447 g/mol. The van der Waals surface area contributed by atoms with E-state index in [9.17, 15) is 13.2 Å². The molecule has 1 aromatic carbocycles. The summed E-state index contributed by atoms with van der Waals surface area (Å²) >= 11 is 1.12. The first-order chi connectivity index (χ1) is 14.3. The third-order valence-electron chi connectivity index (χ3n) is 4.08. The quantitative estimate of drug-likeness (QED) is 0.545. The molecule has 3 aromatic rings. The number of anilines is 1. The molecule has 158 valence electrons. The number of aryl methyl sites for hydroxylation is 1. The average Bonchev–Trinajstić information content (AvgIpc) is 3.33. The van der Waals surface area contributed by atoms with Crippen LogP contribution in [0.3, 0.4) is 0 Å². The molecule has 2 heterocycles. The molecular formula is C20H21N3O5S2. The molecule has 0 bridgehead atoms. The van der Waals surface area contributed by atoms with E-state index in [1.54, 1.807) is 62.6 Å². The largest absolute Gasteiger partial charge is 0.497 e. The summed E-state index contributed by atoms with van der Waals surface area (Å²) in [5, 5.41) is 6.51. The Balaban J connectivity index is 1.69. The van der Waals surface area contributed by atoms with E-state index in [1.165, 1.54) is 6.92 Å². The van der Waals surface area contributed by atoms with Crippen LogP contribution in [0, 0.1) is 6.92 Å². The van der Waals surface area contributed by atoms with E-state index >= 15 is 0 Å². The van der Waals surface area contributed by atoms with Crippen LogP contribution in [0.15, 0.2) is 45.1 Å². The molecule has 2 N–H and O–H groups in total. The number of amides is 1. The number of nitrogens with zero attached hydrogens (tertiary/aromatic N) is 1. The average molecular weight is 448 g/mol. The number of sulfonamides is 1. The van der Waals surface area contributed by atoms with Crippen LogP contribution < -0.4 is 14.8 Å². The Bertz CT molecular complexity index is 1160. The van der Waals surface area contributed by atoms with Crippen LogP contribution in [-0.4, -0.2) is 26.6 Å². The van der Waals surface area contributed by atoms with E-state index in [4.69, 9.17) is 9.26 Å². The summed E-state index contributed by atoms with van der Waals surface area (Å²) in [6, 6.07) is 10.4. The number of hydrogen-bond acceptors (Lipinski definition) is 7. The molecule has 0 fully saturated rings. The predicted octanol–water partition coefficient (Wildman–Crippen LogP) is 3.66. The fourth-order valence-electron chi connectivity index (χ4n) is 2.55. The normalized spacial score (nSPS) is 11.7. The molecule has 0 saturated heterocycles. The lowest BCUT2D eigenvalue weighted by Crippen LogP contribution is -2.22. The lowest BCUT2D eigenvalue weighted by atomic mass is 10.2. The van der Waals surface area contributed by atoms with Gasteiger partial charge in [0.1, 0.15) is 21.3 Å². The van der Waals surface area contributed by atoms with Gasteiger partial charge in [0.2, 0.25) is 15.9 Å². The molecule has 3 rings (SSSR count). The molecule has 10 heteroatoms. The second kappa shape index (κ2) is 9.24. The highest BCUT2D eigenvalue weighted by atomic mass is 32.2.